The Kier molecular flexibility index (Phi) is 6.83. The molecule has 0 aromatic heterocycles. The third kappa shape index (κ3) is 5.99. The van der Waals surface area contributed by atoms with E-state index < -0.39 is 15.9 Å². The van der Waals surface area contributed by atoms with Crippen LogP contribution in [0.5, 0.6) is 23.0 Å². The maximum absolute atomic E-state index is 11.6. The number of aliphatic hydroxyl groups is 1. The van der Waals surface area contributed by atoms with Gasteiger partial charge in [0.25, 0.3) is 0 Å². The van der Waals surface area contributed by atoms with E-state index in [0.717, 1.165) is 0 Å². The third-order valence-electron chi connectivity index (χ3n) is 4.26. The van der Waals surface area contributed by atoms with Gasteiger partial charge in [-0.3, -0.25) is 0 Å². The topological polar surface area (TPSA) is 103 Å². The molecule has 8 nitrogen and oxygen atoms in total. The molecule has 0 aliphatic carbocycles. The van der Waals surface area contributed by atoms with E-state index in [1.807, 2.05) is 6.07 Å². The molecule has 1 aliphatic rings. The van der Waals surface area contributed by atoms with E-state index in [0.29, 0.717) is 48.3 Å². The number of fused-ring (bicyclic) bond motifs is 1. The molecule has 29 heavy (non-hydrogen) atoms. The average molecular weight is 423 g/mol. The van der Waals surface area contributed by atoms with E-state index in [2.05, 4.69) is 5.32 Å². The van der Waals surface area contributed by atoms with E-state index in [-0.39, 0.29) is 18.3 Å². The Bertz CT molecular complexity index is 946. The normalized spacial score (nSPS) is 13.9. The van der Waals surface area contributed by atoms with E-state index in [9.17, 15) is 13.5 Å². The fourth-order valence-corrected chi connectivity index (χ4v) is 3.81. The molecule has 9 heteroatoms. The van der Waals surface area contributed by atoms with Gasteiger partial charge in [0.1, 0.15) is 30.8 Å². The fourth-order valence-electron chi connectivity index (χ4n) is 2.86. The number of ether oxygens (including phenoxy) is 4. The number of aryl methyl sites for hydroxylation is 1. The van der Waals surface area contributed by atoms with Gasteiger partial charge in [0, 0.05) is 25.4 Å². The van der Waals surface area contributed by atoms with Crippen LogP contribution in [0.4, 0.5) is 0 Å². The summed E-state index contributed by atoms with van der Waals surface area (Å²) in [6, 6.07) is 10.1. The minimum atomic E-state index is -3.26. The van der Waals surface area contributed by atoms with Crippen molar-refractivity contribution >= 4 is 9.84 Å². The van der Waals surface area contributed by atoms with Crippen LogP contribution in [0.15, 0.2) is 41.3 Å². The van der Waals surface area contributed by atoms with Gasteiger partial charge < -0.3 is 29.4 Å². The van der Waals surface area contributed by atoms with Crippen LogP contribution in [0.3, 0.4) is 0 Å². The summed E-state index contributed by atoms with van der Waals surface area (Å²) in [6.07, 6.45) is 0.456. The molecule has 0 bridgehead atoms. The number of hydrogen-bond acceptors (Lipinski definition) is 8. The lowest BCUT2D eigenvalue weighted by molar-refractivity contribution is 0.105. The Morgan fingerprint density at radius 1 is 1.10 bits per heavy atom. The summed E-state index contributed by atoms with van der Waals surface area (Å²) in [5, 5.41) is 13.1. The van der Waals surface area contributed by atoms with Gasteiger partial charge >= 0.3 is 0 Å². The van der Waals surface area contributed by atoms with Crippen LogP contribution in [0.25, 0.3) is 0 Å². The molecular formula is C20H25NO7S. The summed E-state index contributed by atoms with van der Waals surface area (Å²) >= 11 is 0. The molecular weight excluding hydrogens is 398 g/mol. The lowest BCUT2D eigenvalue weighted by Gasteiger charge is -2.14. The molecule has 0 fully saturated rings. The van der Waals surface area contributed by atoms with Crippen LogP contribution in [0, 0.1) is 6.92 Å². The van der Waals surface area contributed by atoms with Crippen LogP contribution in [0.1, 0.15) is 5.56 Å². The highest BCUT2D eigenvalue weighted by Gasteiger charge is 2.14. The van der Waals surface area contributed by atoms with E-state index in [4.69, 9.17) is 18.9 Å². The van der Waals surface area contributed by atoms with Crippen molar-refractivity contribution in [1.82, 2.24) is 5.32 Å². The Morgan fingerprint density at radius 3 is 2.59 bits per heavy atom. The van der Waals surface area contributed by atoms with Crippen molar-refractivity contribution in [2.24, 2.45) is 0 Å². The lowest BCUT2D eigenvalue weighted by Crippen LogP contribution is -2.33. The largest absolute Gasteiger partial charge is 0.492 e. The smallest absolute Gasteiger partial charge is 0.231 e. The van der Waals surface area contributed by atoms with Crippen molar-refractivity contribution in [3.05, 3.63) is 42.0 Å². The van der Waals surface area contributed by atoms with Crippen LogP contribution < -0.4 is 24.3 Å². The number of hydrogen-bond donors (Lipinski definition) is 2. The predicted molar refractivity (Wildman–Crippen MR) is 107 cm³/mol. The molecule has 3 rings (SSSR count). The quantitative estimate of drug-likeness (QED) is 0.555. The maximum atomic E-state index is 11.6. The summed E-state index contributed by atoms with van der Waals surface area (Å²) in [6.45, 7) is 3.34. The molecule has 1 aliphatic heterocycles. The van der Waals surface area contributed by atoms with Gasteiger partial charge in [-0.1, -0.05) is 0 Å². The second-order valence-corrected chi connectivity index (χ2v) is 8.72. The molecule has 0 saturated carbocycles. The van der Waals surface area contributed by atoms with Gasteiger partial charge in [0.2, 0.25) is 6.79 Å². The van der Waals surface area contributed by atoms with Crippen LogP contribution in [0.2, 0.25) is 0 Å². The van der Waals surface area contributed by atoms with Crippen LogP contribution >= 0.6 is 0 Å². The van der Waals surface area contributed by atoms with Gasteiger partial charge in [-0.25, -0.2) is 8.42 Å². The first-order valence-electron chi connectivity index (χ1n) is 9.17. The molecule has 2 aromatic carbocycles. The zero-order chi connectivity index (χ0) is 20.9. The predicted octanol–water partition coefficient (Wildman–Crippen LogP) is 1.54. The minimum absolute atomic E-state index is 0.0910. The SMILES string of the molecule is Cc1cc(OCC(O)CNCCOc2ccc3c(c2)OCO3)ccc1S(C)(=O)=O. The van der Waals surface area contributed by atoms with Gasteiger partial charge in [0.15, 0.2) is 21.3 Å². The van der Waals surface area contributed by atoms with Crippen molar-refractivity contribution in [2.75, 3.05) is 39.4 Å². The monoisotopic (exact) mass is 423 g/mol. The summed E-state index contributed by atoms with van der Waals surface area (Å²) in [7, 11) is -3.26. The van der Waals surface area contributed by atoms with Crippen molar-refractivity contribution in [3.8, 4) is 23.0 Å². The first kappa shape index (κ1) is 21.2. The molecule has 1 heterocycles. The van der Waals surface area contributed by atoms with Gasteiger partial charge in [-0.15, -0.1) is 0 Å². The molecule has 0 radical (unpaired) electrons. The molecule has 2 N–H and O–H groups in total. The second kappa shape index (κ2) is 9.34. The summed E-state index contributed by atoms with van der Waals surface area (Å²) in [4.78, 5) is 0.273. The zero-order valence-corrected chi connectivity index (χ0v) is 17.2. The number of aliphatic hydroxyl groups excluding tert-OH is 1. The molecule has 0 amide bonds. The Balaban J connectivity index is 1.34. The lowest BCUT2D eigenvalue weighted by atomic mass is 10.2. The zero-order valence-electron chi connectivity index (χ0n) is 16.4. The molecule has 2 aromatic rings. The van der Waals surface area contributed by atoms with Crippen molar-refractivity contribution in [1.29, 1.82) is 0 Å². The second-order valence-electron chi connectivity index (χ2n) is 6.73. The van der Waals surface area contributed by atoms with Crippen LogP contribution in [-0.2, 0) is 9.84 Å². The maximum Gasteiger partial charge on any atom is 0.231 e. The van der Waals surface area contributed by atoms with Gasteiger partial charge in [-0.05, 0) is 42.8 Å². The highest BCUT2D eigenvalue weighted by molar-refractivity contribution is 7.90. The Morgan fingerprint density at radius 2 is 1.83 bits per heavy atom. The first-order valence-corrected chi connectivity index (χ1v) is 11.1. The summed E-state index contributed by atoms with van der Waals surface area (Å²) in [5.41, 5.74) is 0.610. The molecule has 0 saturated heterocycles. The first-order chi connectivity index (χ1) is 13.8. The van der Waals surface area contributed by atoms with Crippen molar-refractivity contribution < 1.29 is 32.5 Å². The Hall–Kier alpha value is -2.49. The molecule has 0 spiro atoms. The summed E-state index contributed by atoms with van der Waals surface area (Å²) in [5.74, 6) is 2.58. The van der Waals surface area contributed by atoms with Crippen molar-refractivity contribution in [3.63, 3.8) is 0 Å². The van der Waals surface area contributed by atoms with Crippen LogP contribution in [-0.4, -0.2) is 59.0 Å². The van der Waals surface area contributed by atoms with Gasteiger partial charge in [0.05, 0.1) is 4.90 Å². The van der Waals surface area contributed by atoms with Crippen molar-refractivity contribution in [2.45, 2.75) is 17.9 Å². The van der Waals surface area contributed by atoms with E-state index >= 15 is 0 Å². The highest BCUT2D eigenvalue weighted by atomic mass is 32.2. The molecule has 1 unspecified atom stereocenters. The molecule has 1 atom stereocenters. The summed E-state index contributed by atoms with van der Waals surface area (Å²) < 4.78 is 45.0. The standard InChI is InChI=1S/C20H25NO7S/c1-14-9-16(4-6-20(14)29(2,23)24)26-12-15(22)11-21-7-8-25-17-3-5-18-19(10-17)28-13-27-18/h3-6,9-10,15,21-22H,7-8,11-13H2,1-2H3. The van der Waals surface area contributed by atoms with E-state index in [1.54, 1.807) is 31.2 Å². The number of nitrogens with one attached hydrogen (secondary N) is 1. The number of benzene rings is 2. The molecule has 158 valence electrons. The fraction of sp³-hybridized carbons (Fsp3) is 0.400. The van der Waals surface area contributed by atoms with Gasteiger partial charge in [-0.2, -0.15) is 0 Å². The Labute approximate surface area is 170 Å². The average Bonchev–Trinajstić information content (AvgIpc) is 3.13. The number of sulfone groups is 1. The highest BCUT2D eigenvalue weighted by Crippen LogP contribution is 2.34. The number of rotatable bonds is 10. The minimum Gasteiger partial charge on any atom is -0.492 e. The van der Waals surface area contributed by atoms with E-state index in [1.165, 1.54) is 12.3 Å². The third-order valence-corrected chi connectivity index (χ3v) is 5.52.